The molecule has 1 aliphatic rings. The average Bonchev–Trinajstić information content (AvgIpc) is 3.36. The summed E-state index contributed by atoms with van der Waals surface area (Å²) < 4.78 is 7.92. The highest BCUT2D eigenvalue weighted by atomic mass is 16.5. The molecule has 1 saturated carbocycles. The molecule has 5 heteroatoms. The van der Waals surface area contributed by atoms with Gasteiger partial charge in [0.25, 0.3) is 0 Å². The van der Waals surface area contributed by atoms with Gasteiger partial charge < -0.3 is 9.84 Å². The normalized spacial score (nSPS) is 15.0. The third-order valence-corrected chi connectivity index (χ3v) is 5.27. The maximum absolute atomic E-state index is 9.99. The average molecular weight is 357 g/mol. The van der Waals surface area contributed by atoms with Crippen molar-refractivity contribution in [3.05, 3.63) is 83.8 Å². The lowest BCUT2D eigenvalue weighted by Crippen LogP contribution is -2.13. The van der Waals surface area contributed by atoms with E-state index in [4.69, 9.17) is 4.74 Å². The first-order chi connectivity index (χ1) is 13.2. The lowest BCUT2D eigenvalue weighted by atomic mass is 9.94. The highest BCUT2D eigenvalue weighted by Gasteiger charge is 2.49. The van der Waals surface area contributed by atoms with Crippen molar-refractivity contribution in [3.8, 4) is 17.2 Å². The van der Waals surface area contributed by atoms with Crippen molar-refractivity contribution in [2.45, 2.75) is 25.2 Å². The Morgan fingerprint density at radius 3 is 2.41 bits per heavy atom. The third kappa shape index (κ3) is 2.54. The smallest absolute Gasteiger partial charge is 0.203 e. The SMILES string of the molecule is Cc1ccc(C2(c3nnc4c(Oc5ccccc5O)cccn34)CC2)cc1. The molecular formula is C22H19N3O2. The van der Waals surface area contributed by atoms with Crippen LogP contribution in [0.4, 0.5) is 0 Å². The second-order valence-electron chi connectivity index (χ2n) is 7.11. The van der Waals surface area contributed by atoms with Gasteiger partial charge in [0.2, 0.25) is 5.65 Å². The minimum Gasteiger partial charge on any atom is -0.504 e. The summed E-state index contributed by atoms with van der Waals surface area (Å²) in [5.74, 6) is 1.99. The van der Waals surface area contributed by atoms with Gasteiger partial charge in [0.05, 0.1) is 5.41 Å². The van der Waals surface area contributed by atoms with Crippen molar-refractivity contribution in [1.29, 1.82) is 0 Å². The van der Waals surface area contributed by atoms with Gasteiger partial charge in [-0.2, -0.15) is 0 Å². The molecule has 1 fully saturated rings. The number of aryl methyl sites for hydroxylation is 1. The predicted octanol–water partition coefficient (Wildman–Crippen LogP) is 4.62. The second-order valence-corrected chi connectivity index (χ2v) is 7.11. The van der Waals surface area contributed by atoms with E-state index in [2.05, 4.69) is 41.4 Å². The summed E-state index contributed by atoms with van der Waals surface area (Å²) in [5, 5.41) is 18.9. The van der Waals surface area contributed by atoms with Gasteiger partial charge in [0, 0.05) is 6.20 Å². The molecule has 134 valence electrons. The Bertz CT molecular complexity index is 1130. The molecule has 0 spiro atoms. The lowest BCUT2D eigenvalue weighted by Gasteiger charge is -2.15. The standard InChI is InChI=1S/C22H19N3O2/c1-15-8-10-16(11-9-15)22(12-13-22)21-24-23-20-19(7-4-14-25(20)21)27-18-6-3-2-5-17(18)26/h2-11,14,26H,12-13H2,1H3. The number of para-hydroxylation sites is 2. The van der Waals surface area contributed by atoms with Gasteiger partial charge in [-0.25, -0.2) is 0 Å². The van der Waals surface area contributed by atoms with Crippen molar-refractivity contribution >= 4 is 5.65 Å². The van der Waals surface area contributed by atoms with Gasteiger partial charge in [-0.15, -0.1) is 10.2 Å². The quantitative estimate of drug-likeness (QED) is 0.579. The summed E-state index contributed by atoms with van der Waals surface area (Å²) in [6.07, 6.45) is 4.08. The van der Waals surface area contributed by atoms with Gasteiger partial charge >= 0.3 is 0 Å². The second kappa shape index (κ2) is 5.84. The number of benzene rings is 2. The fourth-order valence-electron chi connectivity index (χ4n) is 3.60. The highest BCUT2D eigenvalue weighted by Crippen LogP contribution is 2.53. The van der Waals surface area contributed by atoms with Crippen LogP contribution in [0.15, 0.2) is 66.9 Å². The Labute approximate surface area is 156 Å². The molecule has 5 nitrogen and oxygen atoms in total. The molecule has 27 heavy (non-hydrogen) atoms. The number of aromatic hydroxyl groups is 1. The van der Waals surface area contributed by atoms with Crippen LogP contribution in [0.1, 0.15) is 29.8 Å². The summed E-state index contributed by atoms with van der Waals surface area (Å²) in [4.78, 5) is 0. The van der Waals surface area contributed by atoms with Crippen LogP contribution in [0, 0.1) is 6.92 Å². The number of nitrogens with zero attached hydrogens (tertiary/aromatic N) is 3. The molecular weight excluding hydrogens is 338 g/mol. The fourth-order valence-corrected chi connectivity index (χ4v) is 3.60. The van der Waals surface area contributed by atoms with E-state index in [0.717, 1.165) is 18.7 Å². The molecule has 2 aromatic carbocycles. The molecule has 1 N–H and O–H groups in total. The third-order valence-electron chi connectivity index (χ3n) is 5.27. The summed E-state index contributed by atoms with van der Waals surface area (Å²) in [6, 6.07) is 19.3. The monoisotopic (exact) mass is 357 g/mol. The Morgan fingerprint density at radius 2 is 1.67 bits per heavy atom. The maximum atomic E-state index is 9.99. The minimum atomic E-state index is -0.0827. The maximum Gasteiger partial charge on any atom is 0.203 e. The first-order valence-corrected chi connectivity index (χ1v) is 9.05. The van der Waals surface area contributed by atoms with Crippen LogP contribution >= 0.6 is 0 Å². The number of rotatable bonds is 4. The largest absolute Gasteiger partial charge is 0.504 e. The van der Waals surface area contributed by atoms with Crippen LogP contribution in [0.25, 0.3) is 5.65 Å². The van der Waals surface area contributed by atoms with E-state index in [1.807, 2.05) is 28.8 Å². The Morgan fingerprint density at radius 1 is 0.926 bits per heavy atom. The molecule has 4 aromatic rings. The number of pyridine rings is 1. The van der Waals surface area contributed by atoms with E-state index in [-0.39, 0.29) is 11.2 Å². The molecule has 0 bridgehead atoms. The molecule has 0 saturated heterocycles. The van der Waals surface area contributed by atoms with Crippen molar-refractivity contribution in [3.63, 3.8) is 0 Å². The summed E-state index contributed by atoms with van der Waals surface area (Å²) in [5.41, 5.74) is 3.09. The number of fused-ring (bicyclic) bond motifs is 1. The van der Waals surface area contributed by atoms with Gasteiger partial charge in [-0.05, 0) is 49.6 Å². The van der Waals surface area contributed by atoms with Gasteiger partial charge in [0.1, 0.15) is 5.82 Å². The fraction of sp³-hybridized carbons (Fsp3) is 0.182. The van der Waals surface area contributed by atoms with Crippen LogP contribution in [0.5, 0.6) is 17.2 Å². The molecule has 5 rings (SSSR count). The zero-order chi connectivity index (χ0) is 18.4. The first kappa shape index (κ1) is 15.9. The first-order valence-electron chi connectivity index (χ1n) is 9.05. The van der Waals surface area contributed by atoms with E-state index >= 15 is 0 Å². The molecule has 0 unspecified atom stereocenters. The number of hydrogen-bond donors (Lipinski definition) is 1. The van der Waals surface area contributed by atoms with E-state index in [1.165, 1.54) is 11.1 Å². The molecule has 2 heterocycles. The summed E-state index contributed by atoms with van der Waals surface area (Å²) >= 11 is 0. The molecule has 1 aliphatic carbocycles. The molecule has 0 amide bonds. The van der Waals surface area contributed by atoms with Crippen LogP contribution < -0.4 is 4.74 Å². The van der Waals surface area contributed by atoms with E-state index in [9.17, 15) is 5.11 Å². The Balaban J connectivity index is 1.58. The zero-order valence-corrected chi connectivity index (χ0v) is 15.0. The minimum absolute atomic E-state index is 0.0827. The summed E-state index contributed by atoms with van der Waals surface area (Å²) in [7, 11) is 0. The summed E-state index contributed by atoms with van der Waals surface area (Å²) in [6.45, 7) is 2.10. The van der Waals surface area contributed by atoms with Gasteiger partial charge in [0.15, 0.2) is 17.2 Å². The van der Waals surface area contributed by atoms with Crippen LogP contribution in [0.2, 0.25) is 0 Å². The van der Waals surface area contributed by atoms with Crippen molar-refractivity contribution in [2.75, 3.05) is 0 Å². The highest BCUT2D eigenvalue weighted by molar-refractivity contribution is 5.57. The number of phenols is 1. The van der Waals surface area contributed by atoms with Crippen molar-refractivity contribution in [1.82, 2.24) is 14.6 Å². The van der Waals surface area contributed by atoms with Crippen LogP contribution in [-0.4, -0.2) is 19.7 Å². The molecule has 0 atom stereocenters. The number of ether oxygens (including phenoxy) is 1. The van der Waals surface area contributed by atoms with E-state index in [0.29, 0.717) is 17.1 Å². The number of phenolic OH excluding ortho intramolecular Hbond substituents is 1. The van der Waals surface area contributed by atoms with Crippen molar-refractivity contribution in [2.24, 2.45) is 0 Å². The van der Waals surface area contributed by atoms with Gasteiger partial charge in [-0.1, -0.05) is 42.0 Å². The predicted molar refractivity (Wildman–Crippen MR) is 102 cm³/mol. The topological polar surface area (TPSA) is 59.7 Å². The van der Waals surface area contributed by atoms with Crippen molar-refractivity contribution < 1.29 is 9.84 Å². The number of aromatic nitrogens is 3. The number of hydrogen-bond acceptors (Lipinski definition) is 4. The Kier molecular flexibility index (Phi) is 3.44. The van der Waals surface area contributed by atoms with E-state index < -0.39 is 0 Å². The zero-order valence-electron chi connectivity index (χ0n) is 15.0. The van der Waals surface area contributed by atoms with E-state index in [1.54, 1.807) is 18.2 Å². The molecule has 0 aliphatic heterocycles. The van der Waals surface area contributed by atoms with Crippen LogP contribution in [-0.2, 0) is 5.41 Å². The Hall–Kier alpha value is -3.34. The molecule has 2 aromatic heterocycles. The lowest BCUT2D eigenvalue weighted by molar-refractivity contribution is 0.412. The molecule has 0 radical (unpaired) electrons. The van der Waals surface area contributed by atoms with Gasteiger partial charge in [-0.3, -0.25) is 4.40 Å². The van der Waals surface area contributed by atoms with Crippen LogP contribution in [0.3, 0.4) is 0 Å².